The highest BCUT2D eigenvalue weighted by molar-refractivity contribution is 5.95. The van der Waals surface area contributed by atoms with Gasteiger partial charge < -0.3 is 29.8 Å². The molecule has 3 N–H and O–H groups in total. The number of amides is 1. The van der Waals surface area contributed by atoms with Crippen molar-refractivity contribution in [2.75, 3.05) is 32.2 Å². The van der Waals surface area contributed by atoms with Crippen molar-refractivity contribution in [3.05, 3.63) is 54.1 Å². The number of H-pyrrole nitrogens is 1. The number of anilines is 1. The number of fused-ring (bicyclic) bond motifs is 1. The summed E-state index contributed by atoms with van der Waals surface area (Å²) in [7, 11) is 1.67. The number of aromatic amines is 1. The Hall–Kier alpha value is -3.03. The summed E-state index contributed by atoms with van der Waals surface area (Å²) in [6, 6.07) is 17.0. The molecule has 7 nitrogen and oxygen atoms in total. The Kier molecular flexibility index (Phi) is 7.52. The molecule has 2 unspecified atom stereocenters. The van der Waals surface area contributed by atoms with E-state index in [9.17, 15) is 9.90 Å². The summed E-state index contributed by atoms with van der Waals surface area (Å²) in [5, 5.41) is 14.4. The van der Waals surface area contributed by atoms with Gasteiger partial charge in [-0.15, -0.1) is 0 Å². The van der Waals surface area contributed by atoms with Gasteiger partial charge in [-0.1, -0.05) is 37.3 Å². The maximum absolute atomic E-state index is 11.6. The Balaban J connectivity index is 1.61. The van der Waals surface area contributed by atoms with Crippen molar-refractivity contribution in [1.82, 2.24) is 9.88 Å². The number of piperidine rings is 1. The second-order valence-electron chi connectivity index (χ2n) is 8.61. The summed E-state index contributed by atoms with van der Waals surface area (Å²) >= 11 is 0. The second-order valence-corrected chi connectivity index (χ2v) is 8.61. The fourth-order valence-electron chi connectivity index (χ4n) is 4.65. The number of carbonyl (C=O) groups is 1. The third-order valence-corrected chi connectivity index (χ3v) is 6.37. The number of benzene rings is 2. The van der Waals surface area contributed by atoms with Crippen LogP contribution in [0.3, 0.4) is 0 Å². The van der Waals surface area contributed by atoms with Crippen LogP contribution in [0.25, 0.3) is 22.2 Å². The Morgan fingerprint density at radius 2 is 2.03 bits per heavy atom. The molecule has 0 spiro atoms. The number of nitrogens with one attached hydrogen (secondary N) is 2. The molecule has 0 radical (unpaired) electrons. The third-order valence-electron chi connectivity index (χ3n) is 6.37. The summed E-state index contributed by atoms with van der Waals surface area (Å²) in [4.78, 5) is 16.7. The van der Waals surface area contributed by atoms with Gasteiger partial charge in [-0.3, -0.25) is 0 Å². The first-order valence-corrected chi connectivity index (χ1v) is 11.6. The molecule has 176 valence electrons. The van der Waals surface area contributed by atoms with Gasteiger partial charge in [-0.05, 0) is 48.6 Å². The fraction of sp³-hybridized carbons (Fsp3) is 0.423. The van der Waals surface area contributed by atoms with Crippen LogP contribution in [0.4, 0.5) is 10.5 Å². The zero-order valence-electron chi connectivity index (χ0n) is 19.3. The highest BCUT2D eigenvalue weighted by Crippen LogP contribution is 2.32. The molecule has 2 aromatic carbocycles. The summed E-state index contributed by atoms with van der Waals surface area (Å²) in [5.41, 5.74) is 5.39. The highest BCUT2D eigenvalue weighted by atomic mass is 16.5. The first-order chi connectivity index (χ1) is 16.1. The molecule has 1 aliphatic heterocycles. The first-order valence-electron chi connectivity index (χ1n) is 11.6. The van der Waals surface area contributed by atoms with Crippen molar-refractivity contribution in [3.63, 3.8) is 0 Å². The van der Waals surface area contributed by atoms with E-state index in [0.29, 0.717) is 26.4 Å². The SMILES string of the molecule is CCC1CC(Nc2cc(COCCOC)cc3cc(-c4ccccc4)[nH]c23)CCN1C(=O)O. The maximum atomic E-state index is 11.6. The van der Waals surface area contributed by atoms with E-state index in [1.807, 2.05) is 18.2 Å². The number of carboxylic acid groups (broad SMARTS) is 1. The van der Waals surface area contributed by atoms with Crippen LogP contribution < -0.4 is 5.32 Å². The summed E-state index contributed by atoms with van der Waals surface area (Å²) in [5.74, 6) is 0. The zero-order valence-corrected chi connectivity index (χ0v) is 19.3. The molecule has 4 rings (SSSR count). The number of aromatic nitrogens is 1. The lowest BCUT2D eigenvalue weighted by atomic mass is 9.95. The summed E-state index contributed by atoms with van der Waals surface area (Å²) < 4.78 is 10.9. The van der Waals surface area contributed by atoms with Gasteiger partial charge >= 0.3 is 6.09 Å². The van der Waals surface area contributed by atoms with Gasteiger partial charge in [0, 0.05) is 36.8 Å². The molecule has 2 heterocycles. The van der Waals surface area contributed by atoms with Crippen LogP contribution in [0.2, 0.25) is 0 Å². The Morgan fingerprint density at radius 1 is 1.21 bits per heavy atom. The van der Waals surface area contributed by atoms with E-state index < -0.39 is 6.09 Å². The van der Waals surface area contributed by atoms with Crippen LogP contribution in [0.1, 0.15) is 31.7 Å². The number of hydrogen-bond acceptors (Lipinski definition) is 4. The van der Waals surface area contributed by atoms with E-state index in [1.165, 1.54) is 0 Å². The predicted octanol–water partition coefficient (Wildman–Crippen LogP) is 5.33. The average Bonchev–Trinajstić information content (AvgIpc) is 3.27. The molecule has 1 saturated heterocycles. The molecule has 1 fully saturated rings. The monoisotopic (exact) mass is 451 g/mol. The molecule has 33 heavy (non-hydrogen) atoms. The number of rotatable bonds is 9. The van der Waals surface area contributed by atoms with Crippen molar-refractivity contribution in [2.24, 2.45) is 0 Å². The van der Waals surface area contributed by atoms with Crippen LogP contribution in [0, 0.1) is 0 Å². The van der Waals surface area contributed by atoms with Crippen LogP contribution in [0.5, 0.6) is 0 Å². The molecule has 7 heteroatoms. The lowest BCUT2D eigenvalue weighted by Gasteiger charge is -2.38. The van der Waals surface area contributed by atoms with E-state index in [1.54, 1.807) is 12.0 Å². The smallest absolute Gasteiger partial charge is 0.407 e. The quantitative estimate of drug-likeness (QED) is 0.383. The molecule has 1 aromatic heterocycles. The van der Waals surface area contributed by atoms with Crippen molar-refractivity contribution < 1.29 is 19.4 Å². The molecular weight excluding hydrogens is 418 g/mol. The lowest BCUT2D eigenvalue weighted by Crippen LogP contribution is -2.48. The second kappa shape index (κ2) is 10.7. The van der Waals surface area contributed by atoms with E-state index in [0.717, 1.165) is 52.7 Å². The number of ether oxygens (including phenoxy) is 2. The van der Waals surface area contributed by atoms with Gasteiger partial charge in [-0.25, -0.2) is 4.79 Å². The van der Waals surface area contributed by atoms with E-state index in [4.69, 9.17) is 9.47 Å². The molecular formula is C26H33N3O4. The topological polar surface area (TPSA) is 86.8 Å². The van der Waals surface area contributed by atoms with Gasteiger partial charge in [0.1, 0.15) is 0 Å². The third kappa shape index (κ3) is 5.49. The molecule has 0 bridgehead atoms. The maximum Gasteiger partial charge on any atom is 0.407 e. The largest absolute Gasteiger partial charge is 0.465 e. The van der Waals surface area contributed by atoms with Crippen molar-refractivity contribution in [3.8, 4) is 11.3 Å². The molecule has 3 aromatic rings. The van der Waals surface area contributed by atoms with Crippen molar-refractivity contribution >= 4 is 22.7 Å². The molecule has 2 atom stereocenters. The molecule has 1 aliphatic rings. The number of methoxy groups -OCH3 is 1. The normalized spacial score (nSPS) is 18.5. The molecule has 0 saturated carbocycles. The average molecular weight is 452 g/mol. The number of nitrogens with zero attached hydrogens (tertiary/aromatic N) is 1. The first kappa shape index (κ1) is 23.1. The van der Waals surface area contributed by atoms with Crippen LogP contribution in [-0.4, -0.2) is 60.0 Å². The van der Waals surface area contributed by atoms with Crippen LogP contribution >= 0.6 is 0 Å². The van der Waals surface area contributed by atoms with Crippen LogP contribution in [-0.2, 0) is 16.1 Å². The standard InChI is InChI=1S/C26H33N3O4/c1-3-22-16-21(9-10-29(22)26(30)31)27-24-14-18(17-33-12-11-32-2)13-20-15-23(28-25(20)24)19-7-5-4-6-8-19/h4-8,13-15,21-22,27-28H,3,9-12,16-17H2,1-2H3,(H,30,31). The number of likely N-dealkylation sites (tertiary alicyclic amines) is 1. The van der Waals surface area contributed by atoms with E-state index >= 15 is 0 Å². The van der Waals surface area contributed by atoms with Crippen LogP contribution in [0.15, 0.2) is 48.5 Å². The van der Waals surface area contributed by atoms with Gasteiger partial charge in [0.15, 0.2) is 0 Å². The Labute approximate surface area is 194 Å². The Bertz CT molecular complexity index is 1070. The van der Waals surface area contributed by atoms with Gasteiger partial charge in [0.2, 0.25) is 0 Å². The Morgan fingerprint density at radius 3 is 2.76 bits per heavy atom. The number of hydrogen-bond donors (Lipinski definition) is 3. The van der Waals surface area contributed by atoms with Gasteiger partial charge in [0.25, 0.3) is 0 Å². The predicted molar refractivity (Wildman–Crippen MR) is 131 cm³/mol. The van der Waals surface area contributed by atoms with Gasteiger partial charge in [0.05, 0.1) is 31.0 Å². The minimum absolute atomic E-state index is 0.0355. The fourth-order valence-corrected chi connectivity index (χ4v) is 4.65. The lowest BCUT2D eigenvalue weighted by molar-refractivity contribution is 0.0617. The summed E-state index contributed by atoms with van der Waals surface area (Å²) in [6.07, 6.45) is 1.57. The van der Waals surface area contributed by atoms with Crippen molar-refractivity contribution in [1.29, 1.82) is 0 Å². The zero-order chi connectivity index (χ0) is 23.2. The molecule has 0 aliphatic carbocycles. The minimum atomic E-state index is -0.824. The highest BCUT2D eigenvalue weighted by Gasteiger charge is 2.30. The van der Waals surface area contributed by atoms with E-state index in [2.05, 4.69) is 47.6 Å². The minimum Gasteiger partial charge on any atom is -0.465 e. The summed E-state index contributed by atoms with van der Waals surface area (Å²) in [6.45, 7) is 4.22. The molecule has 1 amide bonds. The van der Waals surface area contributed by atoms with Gasteiger partial charge in [-0.2, -0.15) is 0 Å². The van der Waals surface area contributed by atoms with Crippen molar-refractivity contribution in [2.45, 2.75) is 44.9 Å². The van der Waals surface area contributed by atoms with E-state index in [-0.39, 0.29) is 12.1 Å².